The summed E-state index contributed by atoms with van der Waals surface area (Å²) in [5.41, 5.74) is 7.96. The fourth-order valence-corrected chi connectivity index (χ4v) is 4.34. The normalized spacial score (nSPS) is 14.7. The molecule has 33 heavy (non-hydrogen) atoms. The minimum atomic E-state index is -0.254. The third kappa shape index (κ3) is 5.47. The van der Waals surface area contributed by atoms with Crippen molar-refractivity contribution in [2.24, 2.45) is 5.10 Å². The molecule has 1 aromatic heterocycles. The zero-order valence-corrected chi connectivity index (χ0v) is 20.2. The van der Waals surface area contributed by atoms with Crippen LogP contribution in [-0.4, -0.2) is 47.9 Å². The van der Waals surface area contributed by atoms with Crippen molar-refractivity contribution in [1.82, 2.24) is 14.9 Å². The van der Waals surface area contributed by atoms with Crippen molar-refractivity contribution in [2.45, 2.75) is 20.4 Å². The van der Waals surface area contributed by atoms with Crippen molar-refractivity contribution in [3.63, 3.8) is 0 Å². The average Bonchev–Trinajstić information content (AvgIpc) is 3.09. The van der Waals surface area contributed by atoms with Gasteiger partial charge in [0.1, 0.15) is 0 Å². The maximum Gasteiger partial charge on any atom is 0.271 e. The van der Waals surface area contributed by atoms with Gasteiger partial charge < -0.3 is 9.30 Å². The summed E-state index contributed by atoms with van der Waals surface area (Å²) in [4.78, 5) is 14.9. The molecule has 1 amide bonds. The number of carbonyl (C=O) groups is 1. The summed E-state index contributed by atoms with van der Waals surface area (Å²) in [5, 5.41) is 5.16. The third-order valence-electron chi connectivity index (χ3n) is 5.74. The van der Waals surface area contributed by atoms with Gasteiger partial charge in [-0.2, -0.15) is 5.10 Å². The summed E-state index contributed by atoms with van der Waals surface area (Å²) in [6.07, 6.45) is 1.64. The molecule has 2 heterocycles. The molecule has 0 atom stereocenters. The summed E-state index contributed by atoms with van der Waals surface area (Å²) < 4.78 is 7.40. The van der Waals surface area contributed by atoms with Gasteiger partial charge in [-0.05, 0) is 49.7 Å². The summed E-state index contributed by atoms with van der Waals surface area (Å²) >= 11 is 12.6. The van der Waals surface area contributed by atoms with E-state index in [9.17, 15) is 4.79 Å². The highest BCUT2D eigenvalue weighted by Crippen LogP contribution is 2.31. The molecule has 1 fully saturated rings. The summed E-state index contributed by atoms with van der Waals surface area (Å²) in [7, 11) is 0. The summed E-state index contributed by atoms with van der Waals surface area (Å²) in [6, 6.07) is 15.1. The Hall–Kier alpha value is -2.64. The molecule has 4 rings (SSSR count). The Balaban J connectivity index is 1.41. The van der Waals surface area contributed by atoms with E-state index in [1.807, 2.05) is 60.9 Å². The molecule has 1 aliphatic rings. The lowest BCUT2D eigenvalue weighted by Gasteiger charge is -2.26. The van der Waals surface area contributed by atoms with Crippen LogP contribution in [0.25, 0.3) is 5.69 Å². The van der Waals surface area contributed by atoms with Crippen LogP contribution in [0.4, 0.5) is 0 Å². The second-order valence-electron chi connectivity index (χ2n) is 8.02. The van der Waals surface area contributed by atoms with Gasteiger partial charge in [0.05, 0.1) is 35.2 Å². The smallest absolute Gasteiger partial charge is 0.271 e. The highest BCUT2D eigenvalue weighted by Gasteiger charge is 2.14. The number of morpholine rings is 1. The molecule has 0 bridgehead atoms. The number of nitrogens with one attached hydrogen (secondary N) is 1. The number of benzene rings is 2. The number of nitrogens with zero attached hydrogens (tertiary/aromatic N) is 3. The minimum absolute atomic E-state index is 0.254. The Morgan fingerprint density at radius 3 is 2.58 bits per heavy atom. The van der Waals surface area contributed by atoms with E-state index in [1.54, 1.807) is 12.3 Å². The van der Waals surface area contributed by atoms with Gasteiger partial charge in [-0.25, -0.2) is 5.43 Å². The standard InChI is InChI=1S/C25H26Cl2N4O2/c1-17-14-21(18(2)31(17)23-5-3-4-22(26)24(23)27)15-28-29-25(32)20-8-6-19(7-9-20)16-30-10-12-33-13-11-30/h3-9,14-15H,10-13,16H2,1-2H3,(H,29,32)/b28-15+. The lowest BCUT2D eigenvalue weighted by Crippen LogP contribution is -2.35. The number of carbonyl (C=O) groups excluding carboxylic acids is 1. The molecule has 1 aliphatic heterocycles. The number of halogens is 2. The number of ether oxygens (including phenoxy) is 1. The van der Waals surface area contributed by atoms with Gasteiger partial charge in [-0.3, -0.25) is 9.69 Å². The number of aromatic nitrogens is 1. The van der Waals surface area contributed by atoms with E-state index in [4.69, 9.17) is 27.9 Å². The Morgan fingerprint density at radius 2 is 1.85 bits per heavy atom. The van der Waals surface area contributed by atoms with Crippen LogP contribution in [0.1, 0.15) is 32.9 Å². The molecular formula is C25H26Cl2N4O2. The molecule has 0 unspecified atom stereocenters. The number of hydrogen-bond acceptors (Lipinski definition) is 4. The molecule has 0 radical (unpaired) electrons. The predicted molar refractivity (Wildman–Crippen MR) is 133 cm³/mol. The fraction of sp³-hybridized carbons (Fsp3) is 0.280. The first kappa shape index (κ1) is 23.5. The lowest BCUT2D eigenvalue weighted by atomic mass is 10.1. The topological polar surface area (TPSA) is 58.9 Å². The van der Waals surface area contributed by atoms with E-state index >= 15 is 0 Å². The van der Waals surface area contributed by atoms with Crippen molar-refractivity contribution < 1.29 is 9.53 Å². The zero-order chi connectivity index (χ0) is 23.4. The van der Waals surface area contributed by atoms with Gasteiger partial charge >= 0.3 is 0 Å². The van der Waals surface area contributed by atoms with Gasteiger partial charge in [-0.15, -0.1) is 0 Å². The van der Waals surface area contributed by atoms with Crippen molar-refractivity contribution in [3.05, 3.63) is 86.7 Å². The first-order valence-electron chi connectivity index (χ1n) is 10.8. The van der Waals surface area contributed by atoms with Crippen LogP contribution in [-0.2, 0) is 11.3 Å². The lowest BCUT2D eigenvalue weighted by molar-refractivity contribution is 0.0342. The quantitative estimate of drug-likeness (QED) is 0.395. The maximum atomic E-state index is 12.5. The Kier molecular flexibility index (Phi) is 7.50. The van der Waals surface area contributed by atoms with Crippen molar-refractivity contribution in [3.8, 4) is 5.69 Å². The minimum Gasteiger partial charge on any atom is -0.379 e. The second kappa shape index (κ2) is 10.5. The number of aryl methyl sites for hydroxylation is 1. The van der Waals surface area contributed by atoms with Crippen LogP contribution < -0.4 is 5.43 Å². The first-order valence-corrected chi connectivity index (χ1v) is 11.6. The van der Waals surface area contributed by atoms with Crippen LogP contribution >= 0.6 is 23.2 Å². The van der Waals surface area contributed by atoms with E-state index < -0.39 is 0 Å². The van der Waals surface area contributed by atoms with E-state index in [1.165, 1.54) is 5.56 Å². The number of hydrogen-bond donors (Lipinski definition) is 1. The molecule has 8 heteroatoms. The number of amides is 1. The number of hydrazone groups is 1. The molecule has 6 nitrogen and oxygen atoms in total. The first-order chi connectivity index (χ1) is 15.9. The monoisotopic (exact) mass is 484 g/mol. The highest BCUT2D eigenvalue weighted by molar-refractivity contribution is 6.43. The molecule has 1 N–H and O–H groups in total. The van der Waals surface area contributed by atoms with Crippen molar-refractivity contribution in [1.29, 1.82) is 0 Å². The second-order valence-corrected chi connectivity index (χ2v) is 8.80. The number of rotatable bonds is 6. The molecule has 0 aliphatic carbocycles. The predicted octanol–water partition coefficient (Wildman–Crippen LogP) is 5.00. The molecule has 0 saturated carbocycles. The Bertz CT molecular complexity index is 1170. The third-order valence-corrected chi connectivity index (χ3v) is 6.55. The van der Waals surface area contributed by atoms with Gasteiger partial charge in [0.2, 0.25) is 0 Å². The summed E-state index contributed by atoms with van der Waals surface area (Å²) in [6.45, 7) is 8.22. The Labute approximate surface area is 203 Å². The van der Waals surface area contributed by atoms with Crippen LogP contribution in [0, 0.1) is 13.8 Å². The zero-order valence-electron chi connectivity index (χ0n) is 18.6. The van der Waals surface area contributed by atoms with Crippen LogP contribution in [0.5, 0.6) is 0 Å². The van der Waals surface area contributed by atoms with Gasteiger partial charge in [0, 0.05) is 42.1 Å². The van der Waals surface area contributed by atoms with Crippen LogP contribution in [0.15, 0.2) is 53.6 Å². The average molecular weight is 485 g/mol. The summed E-state index contributed by atoms with van der Waals surface area (Å²) in [5.74, 6) is -0.254. The van der Waals surface area contributed by atoms with E-state index in [0.717, 1.165) is 55.5 Å². The molecule has 2 aromatic carbocycles. The van der Waals surface area contributed by atoms with Crippen LogP contribution in [0.3, 0.4) is 0 Å². The van der Waals surface area contributed by atoms with E-state index in [-0.39, 0.29) is 5.91 Å². The van der Waals surface area contributed by atoms with Gasteiger partial charge in [0.25, 0.3) is 5.91 Å². The van der Waals surface area contributed by atoms with Crippen LogP contribution in [0.2, 0.25) is 10.0 Å². The van der Waals surface area contributed by atoms with E-state index in [2.05, 4.69) is 15.4 Å². The maximum absolute atomic E-state index is 12.5. The molecule has 0 spiro atoms. The molecule has 1 saturated heterocycles. The largest absolute Gasteiger partial charge is 0.379 e. The van der Waals surface area contributed by atoms with Gasteiger partial charge in [0.15, 0.2) is 0 Å². The van der Waals surface area contributed by atoms with E-state index in [0.29, 0.717) is 15.6 Å². The van der Waals surface area contributed by atoms with Crippen molar-refractivity contribution in [2.75, 3.05) is 26.3 Å². The molecular weight excluding hydrogens is 459 g/mol. The van der Waals surface area contributed by atoms with Gasteiger partial charge in [-0.1, -0.05) is 41.4 Å². The van der Waals surface area contributed by atoms with Crippen molar-refractivity contribution >= 4 is 35.3 Å². The fourth-order valence-electron chi connectivity index (χ4n) is 3.96. The molecule has 172 valence electrons. The molecule has 3 aromatic rings. The Morgan fingerprint density at radius 1 is 1.12 bits per heavy atom. The highest BCUT2D eigenvalue weighted by atomic mass is 35.5. The SMILES string of the molecule is Cc1cc(/C=N/NC(=O)c2ccc(CN3CCOCC3)cc2)c(C)n1-c1cccc(Cl)c1Cl.